The van der Waals surface area contributed by atoms with E-state index < -0.39 is 0 Å². The molecule has 0 saturated heterocycles. The van der Waals surface area contributed by atoms with Gasteiger partial charge >= 0.3 is 5.97 Å². The van der Waals surface area contributed by atoms with E-state index in [9.17, 15) is 4.79 Å². The van der Waals surface area contributed by atoms with Crippen LogP contribution in [0.3, 0.4) is 0 Å². The molecule has 1 unspecified atom stereocenters. The number of halogens is 1. The largest absolute Gasteiger partial charge is 0.469 e. The molecule has 1 aliphatic heterocycles. The minimum absolute atomic E-state index is 0.235. The summed E-state index contributed by atoms with van der Waals surface area (Å²) in [5.41, 5.74) is 0.797. The number of hydrogen-bond acceptors (Lipinski definition) is 4. The highest BCUT2D eigenvalue weighted by molar-refractivity contribution is 7.15. The highest BCUT2D eigenvalue weighted by Gasteiger charge is 2.33. The van der Waals surface area contributed by atoms with E-state index in [1.807, 2.05) is 6.07 Å². The first kappa shape index (κ1) is 13.6. The van der Waals surface area contributed by atoms with Crippen molar-refractivity contribution in [3.05, 3.63) is 27.9 Å². The summed E-state index contributed by atoms with van der Waals surface area (Å²) in [5, 5.41) is 0.418. The fourth-order valence-corrected chi connectivity index (χ4v) is 3.88. The van der Waals surface area contributed by atoms with Crippen molar-refractivity contribution in [2.75, 3.05) is 7.11 Å². The Morgan fingerprint density at radius 1 is 1.55 bits per heavy atom. The van der Waals surface area contributed by atoms with Crippen LogP contribution in [0, 0.1) is 6.92 Å². The normalized spacial score (nSPS) is 17.9. The molecule has 106 valence electrons. The number of carbonyl (C=O) groups is 1. The molecule has 0 saturated carbocycles. The summed E-state index contributed by atoms with van der Waals surface area (Å²) in [4.78, 5) is 18.7. The summed E-state index contributed by atoms with van der Waals surface area (Å²) in [6.45, 7) is 2.90. The highest BCUT2D eigenvalue weighted by Crippen LogP contribution is 2.38. The third-order valence-electron chi connectivity index (χ3n) is 3.61. The Labute approximate surface area is 126 Å². The number of aromatic nitrogens is 2. The van der Waals surface area contributed by atoms with Gasteiger partial charge in [0.15, 0.2) is 11.0 Å². The molecule has 2 aromatic heterocycles. The lowest BCUT2D eigenvalue weighted by molar-refractivity contribution is -0.143. The van der Waals surface area contributed by atoms with Gasteiger partial charge in [0.25, 0.3) is 0 Å². The molecule has 3 heterocycles. The number of imidazole rings is 1. The van der Waals surface area contributed by atoms with Crippen molar-refractivity contribution in [3.63, 3.8) is 0 Å². The van der Waals surface area contributed by atoms with Crippen LogP contribution in [0.4, 0.5) is 0 Å². The molecule has 0 aliphatic carbocycles. The van der Waals surface area contributed by atoms with Gasteiger partial charge in [0, 0.05) is 11.4 Å². The Bertz CT molecular complexity index is 662. The van der Waals surface area contributed by atoms with Crippen molar-refractivity contribution in [3.8, 4) is 10.7 Å². The molecule has 4 nitrogen and oxygen atoms in total. The predicted molar refractivity (Wildman–Crippen MR) is 79.3 cm³/mol. The Morgan fingerprint density at radius 2 is 2.35 bits per heavy atom. The molecule has 1 aliphatic rings. The van der Waals surface area contributed by atoms with Gasteiger partial charge in [-0.2, -0.15) is 0 Å². The van der Waals surface area contributed by atoms with E-state index in [0.29, 0.717) is 5.15 Å². The van der Waals surface area contributed by atoms with Crippen molar-refractivity contribution < 1.29 is 9.53 Å². The highest BCUT2D eigenvalue weighted by atomic mass is 35.5. The lowest BCUT2D eigenvalue weighted by Crippen LogP contribution is -2.23. The van der Waals surface area contributed by atoms with Gasteiger partial charge in [-0.05, 0) is 31.9 Å². The molecule has 2 aromatic rings. The molecular formula is C14H15ClN2O2S. The van der Waals surface area contributed by atoms with Crippen LogP contribution in [-0.2, 0) is 16.1 Å². The van der Waals surface area contributed by atoms with E-state index in [4.69, 9.17) is 16.3 Å². The van der Waals surface area contributed by atoms with Crippen LogP contribution >= 0.6 is 22.9 Å². The predicted octanol–water partition coefficient (Wildman–Crippen LogP) is 3.62. The summed E-state index contributed by atoms with van der Waals surface area (Å²) in [7, 11) is 1.41. The number of hydrogen-bond donors (Lipinski definition) is 0. The fourth-order valence-electron chi connectivity index (χ4n) is 2.70. The average Bonchev–Trinajstić information content (AvgIpc) is 3.02. The second kappa shape index (κ2) is 5.22. The van der Waals surface area contributed by atoms with Crippen LogP contribution in [0.25, 0.3) is 10.7 Å². The smallest absolute Gasteiger partial charge is 0.314 e. The van der Waals surface area contributed by atoms with Gasteiger partial charge in [0.2, 0.25) is 0 Å². The average molecular weight is 311 g/mol. The Hall–Kier alpha value is -1.33. The van der Waals surface area contributed by atoms with Crippen LogP contribution in [0.1, 0.15) is 29.3 Å². The fraction of sp³-hybridized carbons (Fsp3) is 0.429. The number of ether oxygens (including phenoxy) is 1. The third-order valence-corrected chi connectivity index (χ3v) is 4.89. The zero-order valence-electron chi connectivity index (χ0n) is 11.4. The van der Waals surface area contributed by atoms with Crippen LogP contribution in [0.5, 0.6) is 0 Å². The van der Waals surface area contributed by atoms with Crippen molar-refractivity contribution in [1.82, 2.24) is 9.55 Å². The number of nitrogens with zero attached hydrogens (tertiary/aromatic N) is 2. The van der Waals surface area contributed by atoms with Crippen LogP contribution in [0.2, 0.25) is 5.15 Å². The lowest BCUT2D eigenvalue weighted by atomic mass is 9.96. The lowest BCUT2D eigenvalue weighted by Gasteiger charge is -2.23. The molecular weight excluding hydrogens is 296 g/mol. The van der Waals surface area contributed by atoms with Crippen LogP contribution in [0.15, 0.2) is 12.1 Å². The zero-order chi connectivity index (χ0) is 14.3. The summed E-state index contributed by atoms with van der Waals surface area (Å²) >= 11 is 7.96. The SMILES string of the molecule is COC(=O)C1CCCn2c(-c3ccc(C)s3)nc(Cl)c21. The van der Waals surface area contributed by atoms with Crippen LogP contribution in [-0.4, -0.2) is 22.6 Å². The number of methoxy groups -OCH3 is 1. The maximum absolute atomic E-state index is 11.9. The van der Waals surface area contributed by atoms with Gasteiger partial charge in [0.1, 0.15) is 5.92 Å². The van der Waals surface area contributed by atoms with Gasteiger partial charge in [0.05, 0.1) is 17.7 Å². The minimum Gasteiger partial charge on any atom is -0.469 e. The minimum atomic E-state index is -0.302. The first-order valence-electron chi connectivity index (χ1n) is 6.52. The van der Waals surface area contributed by atoms with Crippen molar-refractivity contribution in [2.45, 2.75) is 32.2 Å². The Balaban J connectivity index is 2.11. The van der Waals surface area contributed by atoms with E-state index in [1.165, 1.54) is 12.0 Å². The molecule has 0 aromatic carbocycles. The van der Waals surface area contributed by atoms with Crippen LogP contribution < -0.4 is 0 Å². The number of rotatable bonds is 2. The summed E-state index contributed by atoms with van der Waals surface area (Å²) in [6, 6.07) is 4.11. The Kier molecular flexibility index (Phi) is 3.56. The van der Waals surface area contributed by atoms with Crippen molar-refractivity contribution >= 4 is 28.9 Å². The van der Waals surface area contributed by atoms with Gasteiger partial charge in [-0.3, -0.25) is 4.79 Å². The summed E-state index contributed by atoms with van der Waals surface area (Å²) in [5.74, 6) is 0.321. The van der Waals surface area contributed by atoms with Gasteiger partial charge in [-0.25, -0.2) is 4.98 Å². The molecule has 6 heteroatoms. The molecule has 20 heavy (non-hydrogen) atoms. The number of thiophene rings is 1. The van der Waals surface area contributed by atoms with Gasteiger partial charge < -0.3 is 9.30 Å². The van der Waals surface area contributed by atoms with E-state index in [-0.39, 0.29) is 11.9 Å². The molecule has 0 N–H and O–H groups in total. The number of aryl methyl sites for hydroxylation is 1. The van der Waals surface area contributed by atoms with Gasteiger partial charge in [-0.15, -0.1) is 11.3 Å². The maximum atomic E-state index is 11.9. The molecule has 0 amide bonds. The molecule has 1 atom stereocenters. The van der Waals surface area contributed by atoms with E-state index >= 15 is 0 Å². The molecule has 0 fully saturated rings. The molecule has 0 bridgehead atoms. The van der Waals surface area contributed by atoms with E-state index in [2.05, 4.69) is 22.5 Å². The number of esters is 1. The number of fused-ring (bicyclic) bond motifs is 1. The van der Waals surface area contributed by atoms with Gasteiger partial charge in [-0.1, -0.05) is 11.6 Å². The third kappa shape index (κ3) is 2.15. The zero-order valence-corrected chi connectivity index (χ0v) is 12.9. The molecule has 0 spiro atoms. The van der Waals surface area contributed by atoms with E-state index in [1.54, 1.807) is 11.3 Å². The topological polar surface area (TPSA) is 44.1 Å². The second-order valence-corrected chi connectivity index (χ2v) is 6.54. The number of carbonyl (C=O) groups excluding carboxylic acids is 1. The first-order valence-corrected chi connectivity index (χ1v) is 7.72. The Morgan fingerprint density at radius 3 is 3.00 bits per heavy atom. The second-order valence-electron chi connectivity index (χ2n) is 4.89. The quantitative estimate of drug-likeness (QED) is 0.796. The maximum Gasteiger partial charge on any atom is 0.314 e. The standard InChI is InChI=1S/C14H15ClN2O2S/c1-8-5-6-10(20-8)13-16-12(15)11-9(14(18)19-2)4-3-7-17(11)13/h5-6,9H,3-4,7H2,1-2H3. The molecule has 3 rings (SSSR count). The van der Waals surface area contributed by atoms with E-state index in [0.717, 1.165) is 35.8 Å². The van der Waals surface area contributed by atoms with Crippen molar-refractivity contribution in [1.29, 1.82) is 0 Å². The summed E-state index contributed by atoms with van der Waals surface area (Å²) in [6.07, 6.45) is 1.69. The van der Waals surface area contributed by atoms with Crippen molar-refractivity contribution in [2.24, 2.45) is 0 Å². The molecule has 0 radical (unpaired) electrons. The monoisotopic (exact) mass is 310 g/mol. The summed E-state index contributed by atoms with van der Waals surface area (Å²) < 4.78 is 6.95. The first-order chi connectivity index (χ1) is 9.61.